The molecule has 0 spiro atoms. The summed E-state index contributed by atoms with van der Waals surface area (Å²) in [5.41, 5.74) is 2.67. The molecule has 1 heterocycles. The highest BCUT2D eigenvalue weighted by atomic mass is 16.5. The summed E-state index contributed by atoms with van der Waals surface area (Å²) in [4.78, 5) is 11.9. The third-order valence-electron chi connectivity index (χ3n) is 3.50. The van der Waals surface area contributed by atoms with Crippen molar-refractivity contribution in [1.82, 2.24) is 10.5 Å². The van der Waals surface area contributed by atoms with Crippen LogP contribution >= 0.6 is 0 Å². The second-order valence-corrected chi connectivity index (χ2v) is 5.04. The molecule has 2 rings (SSSR count). The standard InChI is InChI=1S/C14H21N3O2/c1-9(12-7-5-4-6-8-12)15-14(18)16-13-10(2)17-19-11(13)3/h7,9H,4-6,8H2,1-3H3,(H2,15,16,18)/t9-/m1/s1. The van der Waals surface area contributed by atoms with Crippen molar-refractivity contribution in [2.75, 3.05) is 5.32 Å². The lowest BCUT2D eigenvalue weighted by atomic mass is 9.95. The maximum Gasteiger partial charge on any atom is 0.319 e. The highest BCUT2D eigenvalue weighted by Crippen LogP contribution is 2.21. The van der Waals surface area contributed by atoms with Gasteiger partial charge in [-0.25, -0.2) is 4.79 Å². The Hall–Kier alpha value is -1.78. The molecule has 0 bridgehead atoms. The monoisotopic (exact) mass is 263 g/mol. The average Bonchev–Trinajstić information content (AvgIpc) is 2.71. The number of nitrogens with one attached hydrogen (secondary N) is 2. The first-order valence-corrected chi connectivity index (χ1v) is 6.77. The van der Waals surface area contributed by atoms with Gasteiger partial charge >= 0.3 is 6.03 Å². The molecule has 5 nitrogen and oxygen atoms in total. The van der Waals surface area contributed by atoms with E-state index in [0.717, 1.165) is 12.8 Å². The predicted molar refractivity (Wildman–Crippen MR) is 74.1 cm³/mol. The Morgan fingerprint density at radius 3 is 2.79 bits per heavy atom. The van der Waals surface area contributed by atoms with Crippen LogP contribution in [-0.2, 0) is 0 Å². The molecule has 0 aliphatic heterocycles. The Morgan fingerprint density at radius 1 is 1.42 bits per heavy atom. The van der Waals surface area contributed by atoms with Gasteiger partial charge in [0.15, 0.2) is 5.76 Å². The zero-order valence-electron chi connectivity index (χ0n) is 11.7. The van der Waals surface area contributed by atoms with E-state index in [2.05, 4.69) is 21.9 Å². The molecule has 1 aliphatic rings. The zero-order chi connectivity index (χ0) is 13.8. The lowest BCUT2D eigenvalue weighted by molar-refractivity contribution is 0.250. The lowest BCUT2D eigenvalue weighted by Crippen LogP contribution is -2.37. The van der Waals surface area contributed by atoms with E-state index in [1.165, 1.54) is 18.4 Å². The molecule has 2 amide bonds. The number of hydrogen-bond acceptors (Lipinski definition) is 3. The predicted octanol–water partition coefficient (Wildman–Crippen LogP) is 3.30. The summed E-state index contributed by atoms with van der Waals surface area (Å²) in [5.74, 6) is 0.622. The summed E-state index contributed by atoms with van der Waals surface area (Å²) in [6.07, 6.45) is 6.90. The summed E-state index contributed by atoms with van der Waals surface area (Å²) >= 11 is 0. The van der Waals surface area contributed by atoms with E-state index in [-0.39, 0.29) is 12.1 Å². The first kappa shape index (κ1) is 13.6. The molecule has 104 valence electrons. The van der Waals surface area contributed by atoms with Crippen molar-refractivity contribution < 1.29 is 9.32 Å². The largest absolute Gasteiger partial charge is 0.359 e. The van der Waals surface area contributed by atoms with Crippen molar-refractivity contribution in [2.24, 2.45) is 0 Å². The van der Waals surface area contributed by atoms with E-state index in [4.69, 9.17) is 4.52 Å². The Labute approximate surface area is 113 Å². The molecule has 5 heteroatoms. The van der Waals surface area contributed by atoms with E-state index in [0.29, 0.717) is 17.1 Å². The number of aromatic nitrogens is 1. The van der Waals surface area contributed by atoms with E-state index >= 15 is 0 Å². The number of aryl methyl sites for hydroxylation is 2. The summed E-state index contributed by atoms with van der Waals surface area (Å²) in [6, 6.07) is -0.144. The average molecular weight is 263 g/mol. The second-order valence-electron chi connectivity index (χ2n) is 5.04. The Balaban J connectivity index is 1.92. The van der Waals surface area contributed by atoms with Crippen LogP contribution in [0, 0.1) is 13.8 Å². The minimum atomic E-state index is -0.214. The number of carbonyl (C=O) groups is 1. The molecule has 1 aliphatic carbocycles. The van der Waals surface area contributed by atoms with Crippen LogP contribution in [0.15, 0.2) is 16.2 Å². The van der Waals surface area contributed by atoms with E-state index in [1.807, 2.05) is 6.92 Å². The SMILES string of the molecule is Cc1noc(C)c1NC(=O)N[C@H](C)C1=CCCCC1. The van der Waals surface area contributed by atoms with Crippen LogP contribution in [0.1, 0.15) is 44.1 Å². The Bertz CT molecular complexity index is 471. The molecule has 1 atom stereocenters. The maximum atomic E-state index is 11.9. The number of anilines is 1. The van der Waals surface area contributed by atoms with Gasteiger partial charge in [-0.3, -0.25) is 0 Å². The number of hydrogen-bond donors (Lipinski definition) is 2. The van der Waals surface area contributed by atoms with Gasteiger partial charge in [-0.15, -0.1) is 0 Å². The van der Waals surface area contributed by atoms with Gasteiger partial charge in [0.25, 0.3) is 0 Å². The lowest BCUT2D eigenvalue weighted by Gasteiger charge is -2.21. The van der Waals surface area contributed by atoms with Gasteiger partial charge in [-0.1, -0.05) is 16.8 Å². The van der Waals surface area contributed by atoms with E-state index in [9.17, 15) is 4.79 Å². The molecule has 0 saturated heterocycles. The highest BCUT2D eigenvalue weighted by molar-refractivity contribution is 5.90. The van der Waals surface area contributed by atoms with Crippen LogP contribution in [0.25, 0.3) is 0 Å². The quantitative estimate of drug-likeness (QED) is 0.822. The van der Waals surface area contributed by atoms with Gasteiger partial charge in [0.05, 0.1) is 0 Å². The molecule has 0 aromatic carbocycles. The first-order valence-electron chi connectivity index (χ1n) is 6.77. The van der Waals surface area contributed by atoms with Crippen molar-refractivity contribution in [3.63, 3.8) is 0 Å². The van der Waals surface area contributed by atoms with Gasteiger partial charge in [0.1, 0.15) is 11.4 Å². The third-order valence-corrected chi connectivity index (χ3v) is 3.50. The topological polar surface area (TPSA) is 67.2 Å². The molecule has 2 N–H and O–H groups in total. The Kier molecular flexibility index (Phi) is 4.24. The van der Waals surface area contributed by atoms with Gasteiger partial charge in [0.2, 0.25) is 0 Å². The molecule has 0 saturated carbocycles. The number of rotatable bonds is 3. The van der Waals surface area contributed by atoms with E-state index in [1.54, 1.807) is 13.8 Å². The Morgan fingerprint density at radius 2 is 2.21 bits per heavy atom. The zero-order valence-corrected chi connectivity index (χ0v) is 11.7. The highest BCUT2D eigenvalue weighted by Gasteiger charge is 2.16. The van der Waals surface area contributed by atoms with Crippen LogP contribution in [0.4, 0.5) is 10.5 Å². The van der Waals surface area contributed by atoms with Crippen molar-refractivity contribution in [1.29, 1.82) is 0 Å². The van der Waals surface area contributed by atoms with Crippen LogP contribution in [0.5, 0.6) is 0 Å². The summed E-state index contributed by atoms with van der Waals surface area (Å²) in [7, 11) is 0. The van der Waals surface area contributed by atoms with Crippen molar-refractivity contribution in [3.05, 3.63) is 23.1 Å². The summed E-state index contributed by atoms with van der Waals surface area (Å²) < 4.78 is 5.01. The normalized spacial score (nSPS) is 16.7. The molecular weight excluding hydrogens is 242 g/mol. The maximum absolute atomic E-state index is 11.9. The molecule has 0 fully saturated rings. The van der Waals surface area contributed by atoms with Gasteiger partial charge in [0, 0.05) is 6.04 Å². The van der Waals surface area contributed by atoms with Crippen LogP contribution in [0.3, 0.4) is 0 Å². The third kappa shape index (κ3) is 3.36. The molecule has 1 aromatic rings. The van der Waals surface area contributed by atoms with Crippen molar-refractivity contribution in [2.45, 2.75) is 52.5 Å². The molecule has 0 radical (unpaired) electrons. The number of nitrogens with zero attached hydrogens (tertiary/aromatic N) is 1. The summed E-state index contributed by atoms with van der Waals surface area (Å²) in [6.45, 7) is 5.60. The number of amides is 2. The van der Waals surface area contributed by atoms with Crippen LogP contribution in [0.2, 0.25) is 0 Å². The molecule has 19 heavy (non-hydrogen) atoms. The molecular formula is C14H21N3O2. The van der Waals surface area contributed by atoms with Gasteiger partial charge in [-0.2, -0.15) is 0 Å². The van der Waals surface area contributed by atoms with Gasteiger partial charge < -0.3 is 15.2 Å². The van der Waals surface area contributed by atoms with Crippen molar-refractivity contribution in [3.8, 4) is 0 Å². The molecule has 1 aromatic heterocycles. The fraction of sp³-hybridized carbons (Fsp3) is 0.571. The first-order chi connectivity index (χ1) is 9.08. The second kappa shape index (κ2) is 5.91. The number of urea groups is 1. The minimum absolute atomic E-state index is 0.0702. The van der Waals surface area contributed by atoms with Crippen molar-refractivity contribution >= 4 is 11.7 Å². The number of allylic oxidation sites excluding steroid dienone is 1. The van der Waals surface area contributed by atoms with E-state index < -0.39 is 0 Å². The van der Waals surface area contributed by atoms with Crippen LogP contribution < -0.4 is 10.6 Å². The summed E-state index contributed by atoms with van der Waals surface area (Å²) in [5, 5.41) is 9.56. The van der Waals surface area contributed by atoms with Crippen LogP contribution in [-0.4, -0.2) is 17.2 Å². The smallest absolute Gasteiger partial charge is 0.319 e. The fourth-order valence-corrected chi connectivity index (χ4v) is 2.36. The molecule has 0 unspecified atom stereocenters. The number of carbonyl (C=O) groups excluding carboxylic acids is 1. The minimum Gasteiger partial charge on any atom is -0.359 e. The van der Waals surface area contributed by atoms with Gasteiger partial charge in [-0.05, 0) is 46.5 Å². The fourth-order valence-electron chi connectivity index (χ4n) is 2.36.